The Bertz CT molecular complexity index is 573. The number of ether oxygens (including phenoxy) is 2. The molecule has 0 fully saturated rings. The number of carbonyl (C=O) groups excluding carboxylic acids is 1. The van der Waals surface area contributed by atoms with Gasteiger partial charge in [-0.2, -0.15) is 5.10 Å². The van der Waals surface area contributed by atoms with Crippen molar-refractivity contribution in [3.05, 3.63) is 47.3 Å². The lowest BCUT2D eigenvalue weighted by Gasteiger charge is -2.05. The number of rotatable bonds is 4. The second-order valence-corrected chi connectivity index (χ2v) is 4.17. The monoisotopic (exact) mass is 260 g/mol. The molecule has 19 heavy (non-hydrogen) atoms. The van der Waals surface area contributed by atoms with Crippen LogP contribution < -0.4 is 4.74 Å². The maximum Gasteiger partial charge on any atom is 0.358 e. The SMILES string of the molecule is COC(=O)c1cc(C)n(Cc2ccc(OC)cc2)n1. The summed E-state index contributed by atoms with van der Waals surface area (Å²) in [6.45, 7) is 2.51. The van der Waals surface area contributed by atoms with Crippen LogP contribution in [0.4, 0.5) is 0 Å². The Morgan fingerprint density at radius 2 is 1.95 bits per heavy atom. The minimum atomic E-state index is -0.420. The third kappa shape index (κ3) is 2.93. The van der Waals surface area contributed by atoms with E-state index >= 15 is 0 Å². The minimum Gasteiger partial charge on any atom is -0.497 e. The van der Waals surface area contributed by atoms with E-state index in [0.29, 0.717) is 12.2 Å². The lowest BCUT2D eigenvalue weighted by molar-refractivity contribution is 0.0593. The van der Waals surface area contributed by atoms with Gasteiger partial charge in [-0.15, -0.1) is 0 Å². The molecule has 0 bridgehead atoms. The predicted octanol–water partition coefficient (Wildman–Crippen LogP) is 2.04. The standard InChI is InChI=1S/C14H16N2O3/c1-10-8-13(14(17)19-3)15-16(10)9-11-4-6-12(18-2)7-5-11/h4-8H,9H2,1-3H3. The van der Waals surface area contributed by atoms with Crippen LogP contribution in [0.3, 0.4) is 0 Å². The van der Waals surface area contributed by atoms with Crippen molar-refractivity contribution in [2.24, 2.45) is 0 Å². The molecule has 0 spiro atoms. The van der Waals surface area contributed by atoms with Crippen molar-refractivity contribution in [3.8, 4) is 5.75 Å². The van der Waals surface area contributed by atoms with E-state index < -0.39 is 5.97 Å². The molecule has 2 rings (SSSR count). The van der Waals surface area contributed by atoms with E-state index in [1.54, 1.807) is 17.9 Å². The van der Waals surface area contributed by atoms with E-state index in [1.807, 2.05) is 31.2 Å². The molecule has 0 aliphatic heterocycles. The fourth-order valence-corrected chi connectivity index (χ4v) is 1.78. The zero-order valence-corrected chi connectivity index (χ0v) is 11.2. The highest BCUT2D eigenvalue weighted by molar-refractivity contribution is 5.87. The van der Waals surface area contributed by atoms with Crippen molar-refractivity contribution < 1.29 is 14.3 Å². The van der Waals surface area contributed by atoms with Gasteiger partial charge in [-0.1, -0.05) is 12.1 Å². The van der Waals surface area contributed by atoms with E-state index in [0.717, 1.165) is 17.0 Å². The van der Waals surface area contributed by atoms with Crippen LogP contribution in [0.25, 0.3) is 0 Å². The van der Waals surface area contributed by atoms with E-state index in [-0.39, 0.29) is 0 Å². The van der Waals surface area contributed by atoms with Crippen LogP contribution in [0, 0.1) is 6.92 Å². The van der Waals surface area contributed by atoms with Gasteiger partial charge in [-0.05, 0) is 30.7 Å². The van der Waals surface area contributed by atoms with Gasteiger partial charge in [0, 0.05) is 5.69 Å². The molecule has 0 amide bonds. The molecule has 0 saturated carbocycles. The number of benzene rings is 1. The van der Waals surface area contributed by atoms with E-state index in [2.05, 4.69) is 9.84 Å². The van der Waals surface area contributed by atoms with Crippen LogP contribution in [0.5, 0.6) is 5.75 Å². The Morgan fingerprint density at radius 1 is 1.26 bits per heavy atom. The molecule has 0 atom stereocenters. The lowest BCUT2D eigenvalue weighted by atomic mass is 10.2. The molecule has 5 nitrogen and oxygen atoms in total. The maximum atomic E-state index is 11.4. The first-order valence-corrected chi connectivity index (χ1v) is 5.89. The van der Waals surface area contributed by atoms with Gasteiger partial charge in [-0.3, -0.25) is 4.68 Å². The zero-order chi connectivity index (χ0) is 13.8. The quantitative estimate of drug-likeness (QED) is 0.789. The Morgan fingerprint density at radius 3 is 2.53 bits per heavy atom. The van der Waals surface area contributed by atoms with Crippen LogP contribution in [0.1, 0.15) is 21.7 Å². The first-order valence-electron chi connectivity index (χ1n) is 5.89. The number of esters is 1. The topological polar surface area (TPSA) is 53.4 Å². The molecule has 1 aromatic carbocycles. The molecule has 5 heteroatoms. The maximum absolute atomic E-state index is 11.4. The van der Waals surface area contributed by atoms with Gasteiger partial charge in [0.25, 0.3) is 0 Å². The largest absolute Gasteiger partial charge is 0.497 e. The van der Waals surface area contributed by atoms with Crippen molar-refractivity contribution in [2.75, 3.05) is 14.2 Å². The van der Waals surface area contributed by atoms with Crippen molar-refractivity contribution in [1.29, 1.82) is 0 Å². The van der Waals surface area contributed by atoms with Crippen LogP contribution in [-0.4, -0.2) is 30.0 Å². The molecular weight excluding hydrogens is 244 g/mol. The number of hydrogen-bond donors (Lipinski definition) is 0. The van der Waals surface area contributed by atoms with Crippen molar-refractivity contribution in [1.82, 2.24) is 9.78 Å². The van der Waals surface area contributed by atoms with Crippen LogP contribution in [0.15, 0.2) is 30.3 Å². The highest BCUT2D eigenvalue weighted by Gasteiger charge is 2.12. The Labute approximate surface area is 111 Å². The fourth-order valence-electron chi connectivity index (χ4n) is 1.78. The number of hydrogen-bond acceptors (Lipinski definition) is 4. The van der Waals surface area contributed by atoms with E-state index in [9.17, 15) is 4.79 Å². The van der Waals surface area contributed by atoms with Gasteiger partial charge in [0.2, 0.25) is 0 Å². The summed E-state index contributed by atoms with van der Waals surface area (Å²) in [5, 5.41) is 4.23. The average Bonchev–Trinajstić information content (AvgIpc) is 2.80. The predicted molar refractivity (Wildman–Crippen MR) is 70.4 cm³/mol. The molecule has 1 heterocycles. The van der Waals surface area contributed by atoms with Crippen molar-refractivity contribution in [2.45, 2.75) is 13.5 Å². The summed E-state index contributed by atoms with van der Waals surface area (Å²) in [6.07, 6.45) is 0. The van der Waals surface area contributed by atoms with E-state index in [4.69, 9.17) is 4.74 Å². The minimum absolute atomic E-state index is 0.327. The second kappa shape index (κ2) is 5.56. The zero-order valence-electron chi connectivity index (χ0n) is 11.2. The highest BCUT2D eigenvalue weighted by Crippen LogP contribution is 2.13. The number of methoxy groups -OCH3 is 2. The van der Waals surface area contributed by atoms with Crippen LogP contribution in [-0.2, 0) is 11.3 Å². The summed E-state index contributed by atoms with van der Waals surface area (Å²) in [7, 11) is 2.98. The Kier molecular flexibility index (Phi) is 3.85. The number of aryl methyl sites for hydroxylation is 1. The smallest absolute Gasteiger partial charge is 0.358 e. The molecule has 100 valence electrons. The fraction of sp³-hybridized carbons (Fsp3) is 0.286. The number of nitrogens with zero attached hydrogens (tertiary/aromatic N) is 2. The Balaban J connectivity index is 2.18. The molecule has 0 saturated heterocycles. The Hall–Kier alpha value is -2.30. The molecule has 0 unspecified atom stereocenters. The lowest BCUT2D eigenvalue weighted by Crippen LogP contribution is -2.07. The summed E-state index contributed by atoms with van der Waals surface area (Å²) in [5.41, 5.74) is 2.33. The molecular formula is C14H16N2O3. The van der Waals surface area contributed by atoms with Gasteiger partial charge in [0.1, 0.15) is 5.75 Å². The molecule has 0 aliphatic carbocycles. The van der Waals surface area contributed by atoms with Crippen LogP contribution >= 0.6 is 0 Å². The van der Waals surface area contributed by atoms with Crippen LogP contribution in [0.2, 0.25) is 0 Å². The third-order valence-corrected chi connectivity index (χ3v) is 2.87. The number of aromatic nitrogens is 2. The van der Waals surface area contributed by atoms with Crippen molar-refractivity contribution in [3.63, 3.8) is 0 Å². The normalized spacial score (nSPS) is 10.3. The molecule has 0 N–H and O–H groups in total. The summed E-state index contributed by atoms with van der Waals surface area (Å²) in [6, 6.07) is 9.45. The number of carbonyl (C=O) groups is 1. The summed E-state index contributed by atoms with van der Waals surface area (Å²) >= 11 is 0. The average molecular weight is 260 g/mol. The third-order valence-electron chi connectivity index (χ3n) is 2.87. The highest BCUT2D eigenvalue weighted by atomic mass is 16.5. The summed E-state index contributed by atoms with van der Waals surface area (Å²) < 4.78 is 11.5. The molecule has 2 aromatic rings. The van der Waals surface area contributed by atoms with Gasteiger partial charge in [0.05, 0.1) is 20.8 Å². The van der Waals surface area contributed by atoms with Gasteiger partial charge < -0.3 is 9.47 Å². The van der Waals surface area contributed by atoms with Gasteiger partial charge in [-0.25, -0.2) is 4.79 Å². The molecule has 0 radical (unpaired) electrons. The van der Waals surface area contributed by atoms with Gasteiger partial charge in [0.15, 0.2) is 5.69 Å². The first-order chi connectivity index (χ1) is 9.13. The summed E-state index contributed by atoms with van der Waals surface area (Å²) in [4.78, 5) is 11.4. The van der Waals surface area contributed by atoms with E-state index in [1.165, 1.54) is 7.11 Å². The first kappa shape index (κ1) is 13.1. The van der Waals surface area contributed by atoms with Gasteiger partial charge >= 0.3 is 5.97 Å². The molecule has 0 aliphatic rings. The summed E-state index contributed by atoms with van der Waals surface area (Å²) in [5.74, 6) is 0.396. The molecule has 1 aromatic heterocycles. The second-order valence-electron chi connectivity index (χ2n) is 4.17. The van der Waals surface area contributed by atoms with Crippen molar-refractivity contribution >= 4 is 5.97 Å².